The van der Waals surface area contributed by atoms with Crippen molar-refractivity contribution in [2.24, 2.45) is 0 Å². The largest absolute Gasteiger partial charge is 0.262 e. The predicted octanol–water partition coefficient (Wildman–Crippen LogP) is 2.72. The van der Waals surface area contributed by atoms with Crippen molar-refractivity contribution < 1.29 is 0 Å². The summed E-state index contributed by atoms with van der Waals surface area (Å²) in [5, 5.41) is 4.48. The summed E-state index contributed by atoms with van der Waals surface area (Å²) >= 11 is 0. The van der Waals surface area contributed by atoms with E-state index in [4.69, 9.17) is 0 Å². The van der Waals surface area contributed by atoms with Gasteiger partial charge in [0, 0.05) is 17.5 Å². The van der Waals surface area contributed by atoms with Crippen LogP contribution in [0, 0.1) is 20.8 Å². The second-order valence-corrected chi connectivity index (χ2v) is 4.48. The van der Waals surface area contributed by atoms with Crippen molar-refractivity contribution in [3.05, 3.63) is 47.5 Å². The average molecular weight is 238 g/mol. The van der Waals surface area contributed by atoms with E-state index in [1.165, 1.54) is 0 Å². The van der Waals surface area contributed by atoms with Crippen molar-refractivity contribution in [1.29, 1.82) is 0 Å². The van der Waals surface area contributed by atoms with Crippen LogP contribution in [0.2, 0.25) is 0 Å². The average Bonchev–Trinajstić information content (AvgIpc) is 2.67. The van der Waals surface area contributed by atoms with Gasteiger partial charge in [-0.1, -0.05) is 0 Å². The van der Waals surface area contributed by atoms with E-state index in [0.29, 0.717) is 0 Å². The third-order valence-electron chi connectivity index (χ3n) is 3.01. The summed E-state index contributed by atoms with van der Waals surface area (Å²) in [4.78, 5) is 8.85. The van der Waals surface area contributed by atoms with Crippen molar-refractivity contribution in [2.75, 3.05) is 0 Å². The van der Waals surface area contributed by atoms with E-state index in [-0.39, 0.29) is 0 Å². The van der Waals surface area contributed by atoms with Gasteiger partial charge in [-0.05, 0) is 45.0 Å². The van der Waals surface area contributed by atoms with Crippen molar-refractivity contribution in [1.82, 2.24) is 19.6 Å². The van der Waals surface area contributed by atoms with Crippen LogP contribution < -0.4 is 0 Å². The lowest BCUT2D eigenvalue weighted by Gasteiger charge is -2.00. The van der Waals surface area contributed by atoms with Gasteiger partial charge in [0.25, 0.3) is 0 Å². The first-order valence-electron chi connectivity index (χ1n) is 5.91. The lowest BCUT2D eigenvalue weighted by molar-refractivity contribution is 0.871. The molecule has 3 rings (SSSR count). The molecule has 0 N–H and O–H groups in total. The molecule has 4 nitrogen and oxygen atoms in total. The molecule has 0 atom stereocenters. The highest BCUT2D eigenvalue weighted by Gasteiger charge is 2.11. The highest BCUT2D eigenvalue weighted by Crippen LogP contribution is 2.23. The SMILES string of the molecule is Cc1cc(-c2nc3ccc(C)nn3c2C)ccn1. The maximum atomic E-state index is 4.64. The third-order valence-corrected chi connectivity index (χ3v) is 3.01. The lowest BCUT2D eigenvalue weighted by Crippen LogP contribution is -1.95. The van der Waals surface area contributed by atoms with E-state index in [0.717, 1.165) is 34.0 Å². The zero-order valence-corrected chi connectivity index (χ0v) is 10.7. The molecule has 0 aliphatic rings. The number of nitrogens with zero attached hydrogens (tertiary/aromatic N) is 4. The molecule has 0 aromatic carbocycles. The fraction of sp³-hybridized carbons (Fsp3) is 0.214. The Hall–Kier alpha value is -2.23. The smallest absolute Gasteiger partial charge is 0.154 e. The second-order valence-electron chi connectivity index (χ2n) is 4.48. The fourth-order valence-corrected chi connectivity index (χ4v) is 2.10. The maximum Gasteiger partial charge on any atom is 0.154 e. The van der Waals surface area contributed by atoms with Crippen LogP contribution in [0.3, 0.4) is 0 Å². The number of hydrogen-bond acceptors (Lipinski definition) is 3. The number of rotatable bonds is 1. The van der Waals surface area contributed by atoms with Gasteiger partial charge in [-0.2, -0.15) is 5.10 Å². The predicted molar refractivity (Wildman–Crippen MR) is 70.4 cm³/mol. The van der Waals surface area contributed by atoms with Gasteiger partial charge in [0.1, 0.15) is 0 Å². The molecule has 0 bridgehead atoms. The Morgan fingerprint density at radius 1 is 1.00 bits per heavy atom. The van der Waals surface area contributed by atoms with Gasteiger partial charge in [0.2, 0.25) is 0 Å². The minimum atomic E-state index is 0.877. The summed E-state index contributed by atoms with van der Waals surface area (Å²) in [6.07, 6.45) is 1.81. The molecular formula is C14H14N4. The number of fused-ring (bicyclic) bond motifs is 1. The Balaban J connectivity index is 2.27. The number of aryl methyl sites for hydroxylation is 3. The Bertz CT molecular complexity index is 728. The minimum Gasteiger partial charge on any atom is -0.262 e. The quantitative estimate of drug-likeness (QED) is 0.654. The third kappa shape index (κ3) is 1.66. The molecule has 0 aliphatic heterocycles. The van der Waals surface area contributed by atoms with E-state index in [1.807, 2.05) is 55.7 Å². The molecule has 0 amide bonds. The van der Waals surface area contributed by atoms with E-state index >= 15 is 0 Å². The maximum absolute atomic E-state index is 4.64. The molecule has 0 unspecified atom stereocenters. The van der Waals surface area contributed by atoms with Gasteiger partial charge in [0.15, 0.2) is 5.65 Å². The molecule has 90 valence electrons. The van der Waals surface area contributed by atoms with Gasteiger partial charge in [-0.15, -0.1) is 0 Å². The highest BCUT2D eigenvalue weighted by molar-refractivity contribution is 5.65. The number of imidazole rings is 1. The molecule has 4 heteroatoms. The topological polar surface area (TPSA) is 43.1 Å². The van der Waals surface area contributed by atoms with Crippen LogP contribution in [0.15, 0.2) is 30.5 Å². The van der Waals surface area contributed by atoms with E-state index in [2.05, 4.69) is 15.1 Å². The normalized spacial score (nSPS) is 11.1. The van der Waals surface area contributed by atoms with Gasteiger partial charge in [-0.3, -0.25) is 4.98 Å². The molecule has 0 aliphatic carbocycles. The first-order valence-corrected chi connectivity index (χ1v) is 5.91. The first-order chi connectivity index (χ1) is 8.65. The van der Waals surface area contributed by atoms with E-state index < -0.39 is 0 Å². The summed E-state index contributed by atoms with van der Waals surface area (Å²) in [5.41, 5.74) is 5.97. The van der Waals surface area contributed by atoms with Crippen molar-refractivity contribution >= 4 is 5.65 Å². The summed E-state index contributed by atoms with van der Waals surface area (Å²) in [6.45, 7) is 6.00. The van der Waals surface area contributed by atoms with E-state index in [9.17, 15) is 0 Å². The van der Waals surface area contributed by atoms with Crippen molar-refractivity contribution in [3.63, 3.8) is 0 Å². The Kier molecular flexibility index (Phi) is 2.37. The zero-order valence-electron chi connectivity index (χ0n) is 10.7. The fourth-order valence-electron chi connectivity index (χ4n) is 2.10. The van der Waals surface area contributed by atoms with Gasteiger partial charge in [-0.25, -0.2) is 9.50 Å². The highest BCUT2D eigenvalue weighted by atomic mass is 15.3. The van der Waals surface area contributed by atoms with Crippen LogP contribution in [0.25, 0.3) is 16.9 Å². The van der Waals surface area contributed by atoms with Crippen LogP contribution in [0.5, 0.6) is 0 Å². The number of aromatic nitrogens is 4. The molecular weight excluding hydrogens is 224 g/mol. The number of hydrogen-bond donors (Lipinski definition) is 0. The van der Waals surface area contributed by atoms with Crippen molar-refractivity contribution in [2.45, 2.75) is 20.8 Å². The van der Waals surface area contributed by atoms with Gasteiger partial charge < -0.3 is 0 Å². The standard InChI is InChI=1S/C14H14N4/c1-9-4-5-13-16-14(11(3)18(13)17-9)12-6-7-15-10(2)8-12/h4-8H,1-3H3. The minimum absolute atomic E-state index is 0.877. The number of pyridine rings is 1. The molecule has 18 heavy (non-hydrogen) atoms. The Labute approximate surface area is 105 Å². The molecule has 0 radical (unpaired) electrons. The first kappa shape index (κ1) is 10.9. The summed E-state index contributed by atoms with van der Waals surface area (Å²) in [5.74, 6) is 0. The van der Waals surface area contributed by atoms with Crippen LogP contribution in [-0.4, -0.2) is 19.6 Å². The Morgan fingerprint density at radius 3 is 2.61 bits per heavy atom. The van der Waals surface area contributed by atoms with E-state index in [1.54, 1.807) is 0 Å². The molecule has 0 fully saturated rings. The summed E-state index contributed by atoms with van der Waals surface area (Å²) in [6, 6.07) is 7.99. The van der Waals surface area contributed by atoms with Crippen LogP contribution in [0.1, 0.15) is 17.1 Å². The van der Waals surface area contributed by atoms with Gasteiger partial charge in [0.05, 0.1) is 17.1 Å². The summed E-state index contributed by atoms with van der Waals surface area (Å²) < 4.78 is 1.89. The zero-order chi connectivity index (χ0) is 12.7. The molecule has 0 spiro atoms. The van der Waals surface area contributed by atoms with Crippen LogP contribution >= 0.6 is 0 Å². The van der Waals surface area contributed by atoms with Crippen LogP contribution in [0.4, 0.5) is 0 Å². The molecule has 0 saturated carbocycles. The summed E-state index contributed by atoms with van der Waals surface area (Å²) in [7, 11) is 0. The molecule has 0 saturated heterocycles. The lowest BCUT2D eigenvalue weighted by atomic mass is 10.1. The molecule has 3 aromatic heterocycles. The van der Waals surface area contributed by atoms with Crippen molar-refractivity contribution in [3.8, 4) is 11.3 Å². The van der Waals surface area contributed by atoms with Gasteiger partial charge >= 0.3 is 0 Å². The van der Waals surface area contributed by atoms with Crippen LogP contribution in [-0.2, 0) is 0 Å². The monoisotopic (exact) mass is 238 g/mol. The Morgan fingerprint density at radius 2 is 1.83 bits per heavy atom. The second kappa shape index (κ2) is 3.91. The molecule has 3 aromatic rings. The molecule has 3 heterocycles.